The topological polar surface area (TPSA) is 26.3 Å². The van der Waals surface area contributed by atoms with E-state index in [9.17, 15) is 4.79 Å². The number of halogens is 1. The molecule has 0 saturated heterocycles. The Kier molecular flexibility index (Phi) is 5.37. The van der Waals surface area contributed by atoms with Crippen molar-refractivity contribution in [3.8, 4) is 0 Å². The summed E-state index contributed by atoms with van der Waals surface area (Å²) in [6, 6.07) is 0. The van der Waals surface area contributed by atoms with Gasteiger partial charge >= 0.3 is 5.97 Å². The molecular formula is C9H11BrO2. The summed E-state index contributed by atoms with van der Waals surface area (Å²) in [6.07, 6.45) is 3.06. The lowest BCUT2D eigenvalue weighted by atomic mass is 10.1. The summed E-state index contributed by atoms with van der Waals surface area (Å²) < 4.78 is 4.55. The Labute approximate surface area is 80.7 Å². The van der Waals surface area contributed by atoms with Crippen molar-refractivity contribution in [2.45, 2.75) is 0 Å². The van der Waals surface area contributed by atoms with E-state index in [0.29, 0.717) is 10.9 Å². The van der Waals surface area contributed by atoms with Gasteiger partial charge in [-0.1, -0.05) is 41.2 Å². The molecule has 0 aromatic carbocycles. The van der Waals surface area contributed by atoms with Gasteiger partial charge in [0.05, 0.1) is 12.7 Å². The molecule has 0 N–H and O–H groups in total. The number of hydrogen-bond acceptors (Lipinski definition) is 2. The Morgan fingerprint density at radius 3 is 2.33 bits per heavy atom. The van der Waals surface area contributed by atoms with E-state index in [-0.39, 0.29) is 5.97 Å². The Balaban J connectivity index is 4.93. The highest BCUT2D eigenvalue weighted by molar-refractivity contribution is 9.09. The minimum Gasteiger partial charge on any atom is -0.465 e. The molecule has 0 saturated carbocycles. The lowest BCUT2D eigenvalue weighted by molar-refractivity contribution is -0.135. The summed E-state index contributed by atoms with van der Waals surface area (Å²) in [5.41, 5.74) is 1.22. The molecule has 66 valence electrons. The molecule has 0 radical (unpaired) electrons. The maximum Gasteiger partial charge on any atom is 0.338 e. The van der Waals surface area contributed by atoms with E-state index in [1.54, 1.807) is 6.08 Å². The molecule has 0 fully saturated rings. The maximum atomic E-state index is 11.1. The first kappa shape index (κ1) is 11.2. The fourth-order valence-electron chi connectivity index (χ4n) is 0.692. The quantitative estimate of drug-likeness (QED) is 0.321. The van der Waals surface area contributed by atoms with Gasteiger partial charge in [-0.05, 0) is 5.57 Å². The molecule has 0 aliphatic heterocycles. The molecule has 0 aliphatic rings. The molecule has 0 amide bonds. The largest absolute Gasteiger partial charge is 0.465 e. The lowest BCUT2D eigenvalue weighted by Crippen LogP contribution is -2.05. The molecule has 0 atom stereocenters. The smallest absolute Gasteiger partial charge is 0.338 e. The molecule has 0 aliphatic carbocycles. The third-order valence-electron chi connectivity index (χ3n) is 1.35. The highest BCUT2D eigenvalue weighted by Crippen LogP contribution is 2.11. The molecular weight excluding hydrogens is 220 g/mol. The van der Waals surface area contributed by atoms with Crippen LogP contribution in [0.15, 0.2) is 36.5 Å². The number of methoxy groups -OCH3 is 1. The molecule has 0 aromatic heterocycles. The lowest BCUT2D eigenvalue weighted by Gasteiger charge is -2.03. The Hall–Kier alpha value is -0.830. The number of ether oxygens (including phenoxy) is 1. The third kappa shape index (κ3) is 2.66. The summed E-state index contributed by atoms with van der Waals surface area (Å²) in [4.78, 5) is 11.1. The van der Waals surface area contributed by atoms with Crippen molar-refractivity contribution < 1.29 is 9.53 Å². The van der Waals surface area contributed by atoms with Crippen LogP contribution in [0.4, 0.5) is 0 Å². The normalized spacial score (nSPS) is 11.5. The number of carbonyl (C=O) groups excluding carboxylic acids is 1. The first-order valence-corrected chi connectivity index (χ1v) is 4.45. The molecule has 3 heteroatoms. The zero-order valence-corrected chi connectivity index (χ0v) is 8.56. The van der Waals surface area contributed by atoms with Crippen molar-refractivity contribution in [1.29, 1.82) is 0 Å². The van der Waals surface area contributed by atoms with E-state index in [1.807, 2.05) is 0 Å². The number of rotatable bonds is 4. The van der Waals surface area contributed by atoms with Crippen LogP contribution in [-0.4, -0.2) is 18.4 Å². The number of allylic oxidation sites excluding steroid dienone is 2. The van der Waals surface area contributed by atoms with E-state index in [4.69, 9.17) is 0 Å². The van der Waals surface area contributed by atoms with Crippen molar-refractivity contribution in [3.05, 3.63) is 36.5 Å². The van der Waals surface area contributed by atoms with E-state index in [0.717, 1.165) is 5.57 Å². The minimum absolute atomic E-state index is 0.389. The molecule has 0 aromatic rings. The highest BCUT2D eigenvalue weighted by Gasteiger charge is 2.08. The van der Waals surface area contributed by atoms with E-state index in [1.165, 1.54) is 13.2 Å². The van der Waals surface area contributed by atoms with Gasteiger partial charge in [-0.3, -0.25) is 0 Å². The van der Waals surface area contributed by atoms with Gasteiger partial charge in [-0.15, -0.1) is 0 Å². The average Bonchev–Trinajstić information content (AvgIpc) is 2.12. The number of esters is 1. The van der Waals surface area contributed by atoms with Gasteiger partial charge in [0.25, 0.3) is 0 Å². The zero-order chi connectivity index (χ0) is 9.56. The summed E-state index contributed by atoms with van der Waals surface area (Å²) in [5.74, 6) is -0.389. The molecule has 0 unspecified atom stereocenters. The SMILES string of the molecule is C=C/C(CBr)=C(\C=C)C(=O)OC. The van der Waals surface area contributed by atoms with Crippen LogP contribution in [0.25, 0.3) is 0 Å². The molecule has 0 heterocycles. The van der Waals surface area contributed by atoms with Crippen molar-refractivity contribution >= 4 is 21.9 Å². The summed E-state index contributed by atoms with van der Waals surface area (Å²) in [5, 5.41) is 0.562. The second-order valence-corrected chi connectivity index (χ2v) is 2.53. The minimum atomic E-state index is -0.389. The van der Waals surface area contributed by atoms with Crippen LogP contribution < -0.4 is 0 Å². The van der Waals surface area contributed by atoms with Crippen LogP contribution in [-0.2, 0) is 9.53 Å². The average molecular weight is 231 g/mol. The van der Waals surface area contributed by atoms with Gasteiger partial charge < -0.3 is 4.74 Å². The van der Waals surface area contributed by atoms with Crippen molar-refractivity contribution in [1.82, 2.24) is 0 Å². The standard InChI is InChI=1S/C9H11BrO2/c1-4-7(6-10)8(5-2)9(11)12-3/h4-5H,1-2,6H2,3H3/b8-7-. The summed E-state index contributed by atoms with van der Waals surface area (Å²) in [7, 11) is 1.33. The van der Waals surface area contributed by atoms with Crippen LogP contribution >= 0.6 is 15.9 Å². The van der Waals surface area contributed by atoms with Crippen LogP contribution in [0.3, 0.4) is 0 Å². The molecule has 0 spiro atoms. The Morgan fingerprint density at radius 1 is 1.50 bits per heavy atom. The number of alkyl halides is 1. The highest BCUT2D eigenvalue weighted by atomic mass is 79.9. The predicted molar refractivity (Wildman–Crippen MR) is 53.2 cm³/mol. The first-order valence-electron chi connectivity index (χ1n) is 3.33. The van der Waals surface area contributed by atoms with Crippen LogP contribution in [0.5, 0.6) is 0 Å². The van der Waals surface area contributed by atoms with Crippen LogP contribution in [0.1, 0.15) is 0 Å². The first-order chi connectivity index (χ1) is 5.71. The van der Waals surface area contributed by atoms with Crippen LogP contribution in [0.2, 0.25) is 0 Å². The molecule has 2 nitrogen and oxygen atoms in total. The zero-order valence-electron chi connectivity index (χ0n) is 6.97. The van der Waals surface area contributed by atoms with Crippen LogP contribution in [0, 0.1) is 0 Å². The van der Waals surface area contributed by atoms with E-state index in [2.05, 4.69) is 33.8 Å². The van der Waals surface area contributed by atoms with Gasteiger partial charge in [0.15, 0.2) is 0 Å². The molecule has 12 heavy (non-hydrogen) atoms. The molecule has 0 rings (SSSR count). The third-order valence-corrected chi connectivity index (χ3v) is 1.95. The summed E-state index contributed by atoms with van der Waals surface area (Å²) in [6.45, 7) is 7.09. The predicted octanol–water partition coefficient (Wildman–Crippen LogP) is 2.22. The van der Waals surface area contributed by atoms with Gasteiger partial charge in [-0.25, -0.2) is 4.79 Å². The summed E-state index contributed by atoms with van der Waals surface area (Å²) >= 11 is 3.23. The second-order valence-electron chi connectivity index (χ2n) is 1.97. The van der Waals surface area contributed by atoms with Gasteiger partial charge in [0.1, 0.15) is 0 Å². The van der Waals surface area contributed by atoms with Gasteiger partial charge in [0, 0.05) is 5.33 Å². The van der Waals surface area contributed by atoms with E-state index < -0.39 is 0 Å². The second kappa shape index (κ2) is 5.77. The Morgan fingerprint density at radius 2 is 2.08 bits per heavy atom. The van der Waals surface area contributed by atoms with Crippen molar-refractivity contribution in [2.24, 2.45) is 0 Å². The van der Waals surface area contributed by atoms with Crippen molar-refractivity contribution in [2.75, 3.05) is 12.4 Å². The monoisotopic (exact) mass is 230 g/mol. The fourth-order valence-corrected chi connectivity index (χ4v) is 1.22. The van der Waals surface area contributed by atoms with E-state index >= 15 is 0 Å². The van der Waals surface area contributed by atoms with Gasteiger partial charge in [-0.2, -0.15) is 0 Å². The maximum absolute atomic E-state index is 11.1. The van der Waals surface area contributed by atoms with Gasteiger partial charge in [0.2, 0.25) is 0 Å². The fraction of sp³-hybridized carbons (Fsp3) is 0.222. The molecule has 0 bridgehead atoms. The Bertz CT molecular complexity index is 229. The number of hydrogen-bond donors (Lipinski definition) is 0. The van der Waals surface area contributed by atoms with Crippen molar-refractivity contribution in [3.63, 3.8) is 0 Å². The number of carbonyl (C=O) groups is 1.